The molecule has 2 fully saturated rings. The normalized spacial score (nSPS) is 45.5. The van der Waals surface area contributed by atoms with Crippen LogP contribution in [0.25, 0.3) is 0 Å². The first-order chi connectivity index (χ1) is 7.67. The highest BCUT2D eigenvalue weighted by atomic mass is 32.2. The van der Waals surface area contributed by atoms with Gasteiger partial charge in [0, 0.05) is 6.54 Å². The predicted octanol–water partition coefficient (Wildman–Crippen LogP) is -0.517. The number of hydrogen-bond donors (Lipinski definition) is 3. The first-order valence-corrected chi connectivity index (χ1v) is 6.10. The number of fused-ring (bicyclic) bond motifs is 1. The van der Waals surface area contributed by atoms with E-state index < -0.39 is 31.0 Å². The van der Waals surface area contributed by atoms with E-state index in [-0.39, 0.29) is 5.44 Å². The summed E-state index contributed by atoms with van der Waals surface area (Å²) in [5.41, 5.74) is -0.385. The van der Waals surface area contributed by atoms with Crippen molar-refractivity contribution in [1.82, 2.24) is 5.32 Å². The minimum atomic E-state index is -1.19. The van der Waals surface area contributed by atoms with Crippen LogP contribution in [0.1, 0.15) is 6.92 Å². The first-order valence-electron chi connectivity index (χ1n) is 5.22. The van der Waals surface area contributed by atoms with Crippen molar-refractivity contribution < 1.29 is 19.3 Å². The highest BCUT2D eigenvalue weighted by molar-refractivity contribution is 8.14. The summed E-state index contributed by atoms with van der Waals surface area (Å²) in [4.78, 5) is 4.16. The Morgan fingerprint density at radius 2 is 2.25 bits per heavy atom. The SMILES string of the molecule is CCN=C1N[C@@H]2[C@@H](O)[C@H](O)C(CF)O[C@@H]2S1. The molecule has 0 radical (unpaired) electrons. The summed E-state index contributed by atoms with van der Waals surface area (Å²) in [6.07, 6.45) is -3.18. The Morgan fingerprint density at radius 3 is 2.88 bits per heavy atom. The van der Waals surface area contributed by atoms with E-state index in [0.717, 1.165) is 0 Å². The number of nitrogens with one attached hydrogen (secondary N) is 1. The molecule has 92 valence electrons. The van der Waals surface area contributed by atoms with E-state index in [1.165, 1.54) is 11.8 Å². The number of hydrogen-bond acceptors (Lipinski definition) is 5. The van der Waals surface area contributed by atoms with Crippen LogP contribution in [0.3, 0.4) is 0 Å². The van der Waals surface area contributed by atoms with Gasteiger partial charge in [-0.25, -0.2) is 4.39 Å². The third-order valence-electron chi connectivity index (χ3n) is 2.67. The fourth-order valence-corrected chi connectivity index (χ4v) is 3.03. The van der Waals surface area contributed by atoms with Crippen LogP contribution in [0.4, 0.5) is 4.39 Å². The lowest BCUT2D eigenvalue weighted by Gasteiger charge is -2.37. The molecule has 0 aromatic rings. The largest absolute Gasteiger partial charge is 0.388 e. The molecule has 0 amide bonds. The quantitative estimate of drug-likeness (QED) is 0.615. The number of halogens is 1. The van der Waals surface area contributed by atoms with Crippen molar-refractivity contribution in [2.75, 3.05) is 13.2 Å². The summed E-state index contributed by atoms with van der Waals surface area (Å²) in [7, 11) is 0. The molecule has 0 aromatic carbocycles. The van der Waals surface area contributed by atoms with E-state index in [0.29, 0.717) is 11.7 Å². The Balaban J connectivity index is 2.10. The molecule has 2 saturated heterocycles. The topological polar surface area (TPSA) is 74.1 Å². The summed E-state index contributed by atoms with van der Waals surface area (Å²) in [6.45, 7) is 1.72. The van der Waals surface area contributed by atoms with Gasteiger partial charge in [0.2, 0.25) is 0 Å². The lowest BCUT2D eigenvalue weighted by Crippen LogP contribution is -2.59. The Kier molecular flexibility index (Phi) is 3.68. The maximum Gasteiger partial charge on any atom is 0.159 e. The standard InChI is InChI=1S/C9H15FN2O3S/c1-2-11-9-12-5-7(14)6(13)4(3-10)15-8(5)16-9/h4-8,13-14H,2-3H2,1H3,(H,11,12)/t4?,5-,6-,7-,8-/m1/s1. The first kappa shape index (κ1) is 12.1. The number of nitrogens with zero attached hydrogens (tertiary/aromatic N) is 1. The van der Waals surface area contributed by atoms with Crippen LogP contribution in [0.5, 0.6) is 0 Å². The van der Waals surface area contributed by atoms with E-state index in [1.807, 2.05) is 6.92 Å². The second kappa shape index (κ2) is 4.87. The zero-order chi connectivity index (χ0) is 11.7. The molecule has 1 unspecified atom stereocenters. The van der Waals surface area contributed by atoms with Crippen molar-refractivity contribution in [3.63, 3.8) is 0 Å². The molecule has 16 heavy (non-hydrogen) atoms. The smallest absolute Gasteiger partial charge is 0.159 e. The number of ether oxygens (including phenoxy) is 1. The fourth-order valence-electron chi connectivity index (χ4n) is 1.83. The molecule has 0 aromatic heterocycles. The van der Waals surface area contributed by atoms with Crippen molar-refractivity contribution in [2.24, 2.45) is 4.99 Å². The Bertz CT molecular complexity index is 292. The van der Waals surface area contributed by atoms with Crippen LogP contribution in [0.2, 0.25) is 0 Å². The molecular formula is C9H15FN2O3S. The van der Waals surface area contributed by atoms with E-state index in [9.17, 15) is 14.6 Å². The average Bonchev–Trinajstić information content (AvgIpc) is 2.67. The Hall–Kier alpha value is -0.370. The van der Waals surface area contributed by atoms with Crippen molar-refractivity contribution in [3.8, 4) is 0 Å². The zero-order valence-corrected chi connectivity index (χ0v) is 9.65. The van der Waals surface area contributed by atoms with Gasteiger partial charge in [0.05, 0.1) is 6.04 Å². The highest BCUT2D eigenvalue weighted by Gasteiger charge is 2.48. The molecule has 0 bridgehead atoms. The highest BCUT2D eigenvalue weighted by Crippen LogP contribution is 2.33. The van der Waals surface area contributed by atoms with Crippen LogP contribution in [0.15, 0.2) is 4.99 Å². The number of alkyl halides is 1. The van der Waals surface area contributed by atoms with Gasteiger partial charge < -0.3 is 20.3 Å². The van der Waals surface area contributed by atoms with Crippen LogP contribution in [-0.2, 0) is 4.74 Å². The molecule has 2 aliphatic heterocycles. The van der Waals surface area contributed by atoms with Crippen molar-refractivity contribution >= 4 is 16.9 Å². The molecule has 0 spiro atoms. The van der Waals surface area contributed by atoms with Gasteiger partial charge in [-0.1, -0.05) is 11.8 Å². The molecule has 0 saturated carbocycles. The number of thioether (sulfide) groups is 1. The maximum absolute atomic E-state index is 12.5. The summed E-state index contributed by atoms with van der Waals surface area (Å²) in [6, 6.07) is -0.423. The van der Waals surface area contributed by atoms with E-state index in [1.54, 1.807) is 0 Å². The van der Waals surface area contributed by atoms with Crippen molar-refractivity contribution in [2.45, 2.75) is 36.7 Å². The molecule has 5 nitrogen and oxygen atoms in total. The Labute approximate surface area is 97.1 Å². The third-order valence-corrected chi connectivity index (χ3v) is 3.78. The lowest BCUT2D eigenvalue weighted by atomic mass is 9.99. The van der Waals surface area contributed by atoms with Crippen molar-refractivity contribution in [1.29, 1.82) is 0 Å². The summed E-state index contributed by atoms with van der Waals surface area (Å²) >= 11 is 1.32. The molecule has 3 N–H and O–H groups in total. The molecule has 5 atom stereocenters. The van der Waals surface area contributed by atoms with E-state index in [4.69, 9.17) is 4.74 Å². The third kappa shape index (κ3) is 2.04. The number of rotatable bonds is 2. The van der Waals surface area contributed by atoms with Crippen LogP contribution >= 0.6 is 11.8 Å². The minimum Gasteiger partial charge on any atom is -0.388 e. The molecule has 2 heterocycles. The zero-order valence-electron chi connectivity index (χ0n) is 8.84. The second-order valence-corrected chi connectivity index (χ2v) is 4.83. The van der Waals surface area contributed by atoms with Crippen molar-refractivity contribution in [3.05, 3.63) is 0 Å². The van der Waals surface area contributed by atoms with Crippen LogP contribution in [0, 0.1) is 0 Å². The summed E-state index contributed by atoms with van der Waals surface area (Å²) in [5, 5.41) is 23.0. The van der Waals surface area contributed by atoms with Crippen LogP contribution < -0.4 is 5.32 Å². The van der Waals surface area contributed by atoms with Gasteiger partial charge in [-0.2, -0.15) is 0 Å². The number of aliphatic imine (C=N–C) groups is 1. The van der Waals surface area contributed by atoms with Gasteiger partial charge in [-0.3, -0.25) is 4.99 Å². The second-order valence-electron chi connectivity index (χ2n) is 3.75. The Morgan fingerprint density at radius 1 is 1.50 bits per heavy atom. The lowest BCUT2D eigenvalue weighted by molar-refractivity contribution is -0.160. The number of aliphatic hydroxyl groups is 2. The number of aliphatic hydroxyl groups excluding tert-OH is 2. The summed E-state index contributed by atoms with van der Waals surface area (Å²) in [5.74, 6) is 0. The molecule has 2 aliphatic rings. The molecule has 0 aliphatic carbocycles. The van der Waals surface area contributed by atoms with Gasteiger partial charge in [-0.15, -0.1) is 0 Å². The van der Waals surface area contributed by atoms with Crippen LogP contribution in [-0.4, -0.2) is 58.4 Å². The number of amidine groups is 1. The fraction of sp³-hybridized carbons (Fsp3) is 0.889. The molecule has 7 heteroatoms. The van der Waals surface area contributed by atoms with E-state index >= 15 is 0 Å². The molecule has 2 rings (SSSR count). The monoisotopic (exact) mass is 250 g/mol. The maximum atomic E-state index is 12.5. The minimum absolute atomic E-state index is 0.385. The van der Waals surface area contributed by atoms with Gasteiger partial charge in [-0.05, 0) is 6.92 Å². The van der Waals surface area contributed by atoms with Gasteiger partial charge in [0.1, 0.15) is 30.4 Å². The molecular weight excluding hydrogens is 235 g/mol. The summed E-state index contributed by atoms with van der Waals surface area (Å²) < 4.78 is 17.9. The van der Waals surface area contributed by atoms with Gasteiger partial charge in [0.25, 0.3) is 0 Å². The van der Waals surface area contributed by atoms with Gasteiger partial charge in [0.15, 0.2) is 5.17 Å². The predicted molar refractivity (Wildman–Crippen MR) is 59.1 cm³/mol. The average molecular weight is 250 g/mol. The van der Waals surface area contributed by atoms with Gasteiger partial charge >= 0.3 is 0 Å². The van der Waals surface area contributed by atoms with E-state index in [2.05, 4.69) is 10.3 Å².